The summed E-state index contributed by atoms with van der Waals surface area (Å²) in [6.45, 7) is 2.77. The summed E-state index contributed by atoms with van der Waals surface area (Å²) in [4.78, 5) is 11.0. The summed E-state index contributed by atoms with van der Waals surface area (Å²) in [7, 11) is 0. The van der Waals surface area contributed by atoms with Crippen LogP contribution in [0.5, 0.6) is 0 Å². The Morgan fingerprint density at radius 1 is 1.20 bits per heavy atom. The Kier molecular flexibility index (Phi) is 4.77. The number of amides is 1. The summed E-state index contributed by atoms with van der Waals surface area (Å²) in [6, 6.07) is 15.2. The Morgan fingerprint density at radius 2 is 1.85 bits per heavy atom. The molecule has 2 aromatic carbocycles. The Hall–Kier alpha value is -1.84. The molecular weight excluding hydrogens is 272 g/mol. The fourth-order valence-electron chi connectivity index (χ4n) is 1.99. The van der Waals surface area contributed by atoms with E-state index >= 15 is 0 Å². The minimum absolute atomic E-state index is 0.152. The van der Waals surface area contributed by atoms with Gasteiger partial charge in [-0.3, -0.25) is 4.79 Å². The quantitative estimate of drug-likeness (QED) is 0.887. The van der Waals surface area contributed by atoms with Gasteiger partial charge in [-0.25, -0.2) is 0 Å². The topological polar surface area (TPSA) is 55.1 Å². The van der Waals surface area contributed by atoms with E-state index in [0.717, 1.165) is 16.1 Å². The van der Waals surface area contributed by atoms with Crippen LogP contribution in [0.4, 0.5) is 0 Å². The van der Waals surface area contributed by atoms with Crippen LogP contribution in [0.2, 0.25) is 5.02 Å². The average Bonchev–Trinajstić information content (AvgIpc) is 2.45. The fourth-order valence-corrected chi connectivity index (χ4v) is 2.29. The molecule has 0 fully saturated rings. The Labute approximate surface area is 123 Å². The zero-order valence-corrected chi connectivity index (χ0v) is 12.0. The zero-order chi connectivity index (χ0) is 14.5. The van der Waals surface area contributed by atoms with Crippen molar-refractivity contribution in [2.24, 2.45) is 5.73 Å². The predicted octanol–water partition coefficient (Wildman–Crippen LogP) is 3.29. The first-order valence-electron chi connectivity index (χ1n) is 6.44. The van der Waals surface area contributed by atoms with Crippen LogP contribution >= 0.6 is 11.6 Å². The van der Waals surface area contributed by atoms with Crippen LogP contribution in [0.15, 0.2) is 48.5 Å². The predicted molar refractivity (Wildman–Crippen MR) is 81.7 cm³/mol. The first-order valence-corrected chi connectivity index (χ1v) is 6.82. The molecular formula is C16H17ClN2O. The molecule has 2 rings (SSSR count). The van der Waals surface area contributed by atoms with Gasteiger partial charge in [0.15, 0.2) is 0 Å². The Balaban J connectivity index is 1.98. The van der Waals surface area contributed by atoms with Crippen molar-refractivity contribution in [3.8, 4) is 0 Å². The molecule has 20 heavy (non-hydrogen) atoms. The highest BCUT2D eigenvalue weighted by Crippen LogP contribution is 2.22. The van der Waals surface area contributed by atoms with Crippen molar-refractivity contribution < 1.29 is 4.79 Å². The number of carbonyl (C=O) groups excluding carboxylic acids is 1. The summed E-state index contributed by atoms with van der Waals surface area (Å²) >= 11 is 6.17. The maximum Gasteiger partial charge on any atom is 0.248 e. The summed E-state index contributed by atoms with van der Waals surface area (Å²) in [6.07, 6.45) is 0. The number of nitrogens with two attached hydrogens (primary N) is 1. The second-order valence-electron chi connectivity index (χ2n) is 4.69. The second kappa shape index (κ2) is 6.55. The van der Waals surface area contributed by atoms with Crippen molar-refractivity contribution in [3.63, 3.8) is 0 Å². The standard InChI is InChI=1S/C16H17ClN2O/c1-11(14-4-2-3-5-15(14)17)19-10-12-6-8-13(9-7-12)16(18)20/h2-9,11,19H,10H2,1H3,(H2,18,20). The van der Waals surface area contributed by atoms with E-state index in [4.69, 9.17) is 17.3 Å². The molecule has 104 valence electrons. The van der Waals surface area contributed by atoms with E-state index in [-0.39, 0.29) is 6.04 Å². The lowest BCUT2D eigenvalue weighted by Crippen LogP contribution is -2.18. The van der Waals surface area contributed by atoms with Crippen molar-refractivity contribution in [1.29, 1.82) is 0 Å². The molecule has 0 aliphatic carbocycles. The van der Waals surface area contributed by atoms with Crippen LogP contribution in [0.3, 0.4) is 0 Å². The highest BCUT2D eigenvalue weighted by Gasteiger charge is 2.08. The number of halogens is 1. The van der Waals surface area contributed by atoms with Crippen molar-refractivity contribution in [3.05, 3.63) is 70.2 Å². The molecule has 0 spiro atoms. The molecule has 0 aromatic heterocycles. The van der Waals surface area contributed by atoms with Crippen LogP contribution in [0.25, 0.3) is 0 Å². The van der Waals surface area contributed by atoms with Crippen molar-refractivity contribution in [2.45, 2.75) is 19.5 Å². The number of benzene rings is 2. The molecule has 2 aromatic rings. The molecule has 4 heteroatoms. The molecule has 0 aliphatic heterocycles. The first-order chi connectivity index (χ1) is 9.58. The summed E-state index contributed by atoms with van der Waals surface area (Å²) < 4.78 is 0. The monoisotopic (exact) mass is 288 g/mol. The molecule has 0 saturated heterocycles. The molecule has 0 aliphatic rings. The molecule has 1 unspecified atom stereocenters. The maximum absolute atomic E-state index is 11.0. The summed E-state index contributed by atoms with van der Waals surface area (Å²) in [5.41, 5.74) is 7.89. The van der Waals surface area contributed by atoms with E-state index in [2.05, 4.69) is 12.2 Å². The van der Waals surface area contributed by atoms with Gasteiger partial charge in [0.1, 0.15) is 0 Å². The molecule has 0 saturated carbocycles. The van der Waals surface area contributed by atoms with E-state index in [9.17, 15) is 4.79 Å². The van der Waals surface area contributed by atoms with Gasteiger partial charge in [0.25, 0.3) is 0 Å². The zero-order valence-electron chi connectivity index (χ0n) is 11.3. The van der Waals surface area contributed by atoms with Gasteiger partial charge in [0.2, 0.25) is 5.91 Å². The number of primary amides is 1. The Morgan fingerprint density at radius 3 is 2.45 bits per heavy atom. The van der Waals surface area contributed by atoms with Gasteiger partial charge in [-0.05, 0) is 36.2 Å². The molecule has 0 heterocycles. The van der Waals surface area contributed by atoms with E-state index in [0.29, 0.717) is 12.1 Å². The van der Waals surface area contributed by atoms with Crippen LogP contribution in [0.1, 0.15) is 34.5 Å². The van der Waals surface area contributed by atoms with Gasteiger partial charge >= 0.3 is 0 Å². The minimum atomic E-state index is -0.408. The highest BCUT2D eigenvalue weighted by atomic mass is 35.5. The number of hydrogen-bond acceptors (Lipinski definition) is 2. The van der Waals surface area contributed by atoms with Crippen LogP contribution in [-0.4, -0.2) is 5.91 Å². The first kappa shape index (κ1) is 14.6. The third-order valence-corrected chi connectivity index (χ3v) is 3.57. The molecule has 3 N–H and O–H groups in total. The third-order valence-electron chi connectivity index (χ3n) is 3.22. The normalized spacial score (nSPS) is 12.1. The van der Waals surface area contributed by atoms with E-state index in [1.54, 1.807) is 12.1 Å². The number of hydrogen-bond donors (Lipinski definition) is 2. The van der Waals surface area contributed by atoms with Crippen molar-refractivity contribution in [1.82, 2.24) is 5.32 Å². The third kappa shape index (κ3) is 3.59. The molecule has 0 radical (unpaired) electrons. The van der Waals surface area contributed by atoms with Gasteiger partial charge in [-0.1, -0.05) is 41.9 Å². The molecule has 1 amide bonds. The summed E-state index contributed by atoms with van der Waals surface area (Å²) in [5.74, 6) is -0.408. The van der Waals surface area contributed by atoms with E-state index < -0.39 is 5.91 Å². The van der Waals surface area contributed by atoms with E-state index in [1.165, 1.54) is 0 Å². The van der Waals surface area contributed by atoms with E-state index in [1.807, 2.05) is 36.4 Å². The smallest absolute Gasteiger partial charge is 0.248 e. The second-order valence-corrected chi connectivity index (χ2v) is 5.09. The van der Waals surface area contributed by atoms with Crippen molar-refractivity contribution >= 4 is 17.5 Å². The van der Waals surface area contributed by atoms with Gasteiger partial charge in [-0.2, -0.15) is 0 Å². The lowest BCUT2D eigenvalue weighted by Gasteiger charge is -2.15. The maximum atomic E-state index is 11.0. The van der Waals surface area contributed by atoms with Gasteiger partial charge in [-0.15, -0.1) is 0 Å². The SMILES string of the molecule is CC(NCc1ccc(C(N)=O)cc1)c1ccccc1Cl. The van der Waals surface area contributed by atoms with Gasteiger partial charge in [0.05, 0.1) is 0 Å². The lowest BCUT2D eigenvalue weighted by molar-refractivity contribution is 0.100. The molecule has 3 nitrogen and oxygen atoms in total. The average molecular weight is 289 g/mol. The number of nitrogens with one attached hydrogen (secondary N) is 1. The van der Waals surface area contributed by atoms with Crippen LogP contribution in [0, 0.1) is 0 Å². The Bertz CT molecular complexity index is 596. The fraction of sp³-hybridized carbons (Fsp3) is 0.188. The highest BCUT2D eigenvalue weighted by molar-refractivity contribution is 6.31. The largest absolute Gasteiger partial charge is 0.366 e. The number of carbonyl (C=O) groups is 1. The van der Waals surface area contributed by atoms with Crippen molar-refractivity contribution in [2.75, 3.05) is 0 Å². The number of rotatable bonds is 5. The van der Waals surface area contributed by atoms with Gasteiger partial charge in [0, 0.05) is 23.2 Å². The minimum Gasteiger partial charge on any atom is -0.366 e. The van der Waals surface area contributed by atoms with Gasteiger partial charge < -0.3 is 11.1 Å². The molecule has 1 atom stereocenters. The summed E-state index contributed by atoms with van der Waals surface area (Å²) in [5, 5.41) is 4.16. The van der Waals surface area contributed by atoms with Crippen LogP contribution in [-0.2, 0) is 6.54 Å². The van der Waals surface area contributed by atoms with Crippen LogP contribution < -0.4 is 11.1 Å². The molecule has 0 bridgehead atoms. The lowest BCUT2D eigenvalue weighted by atomic mass is 10.1.